The molecule has 0 fully saturated rings. The summed E-state index contributed by atoms with van der Waals surface area (Å²) >= 11 is 0. The Kier molecular flexibility index (Phi) is 6.43. The number of aromatic nitrogens is 5. The minimum absolute atomic E-state index is 0.00538. The molecule has 1 amide bonds. The highest BCUT2D eigenvalue weighted by Gasteiger charge is 2.19. The van der Waals surface area contributed by atoms with Gasteiger partial charge in [-0.15, -0.1) is 0 Å². The molecule has 5 rings (SSSR count). The summed E-state index contributed by atoms with van der Waals surface area (Å²) in [6, 6.07) is 16.1. The van der Waals surface area contributed by atoms with Gasteiger partial charge in [-0.2, -0.15) is 10.2 Å². The number of ether oxygens (including phenoxy) is 1. The fourth-order valence-electron chi connectivity index (χ4n) is 4.51. The summed E-state index contributed by atoms with van der Waals surface area (Å²) in [6.07, 6.45) is 1.73. The van der Waals surface area contributed by atoms with Gasteiger partial charge in [-0.1, -0.05) is 24.3 Å². The number of nitrogens with zero attached hydrogens (tertiary/aromatic N) is 5. The number of fused-ring (bicyclic) bond motifs is 1. The first kappa shape index (κ1) is 24.2. The quantitative estimate of drug-likeness (QED) is 0.339. The molecular weight excluding hydrogens is 471 g/mol. The molecule has 0 aliphatic heterocycles. The van der Waals surface area contributed by atoms with Crippen LogP contribution in [0.4, 0.5) is 10.1 Å². The van der Waals surface area contributed by atoms with Crippen molar-refractivity contribution in [3.63, 3.8) is 0 Å². The Balaban J connectivity index is 1.37. The monoisotopic (exact) mass is 498 g/mol. The Labute approximate surface area is 213 Å². The summed E-state index contributed by atoms with van der Waals surface area (Å²) in [5, 5.41) is 13.1. The third-order valence-electron chi connectivity index (χ3n) is 6.39. The lowest BCUT2D eigenvalue weighted by atomic mass is 10.0. The number of aryl methyl sites for hydroxylation is 2. The van der Waals surface area contributed by atoms with Crippen LogP contribution in [0.1, 0.15) is 22.6 Å². The van der Waals surface area contributed by atoms with Gasteiger partial charge < -0.3 is 10.1 Å². The van der Waals surface area contributed by atoms with Crippen LogP contribution in [-0.2, 0) is 17.9 Å². The number of benzene rings is 2. The zero-order valence-corrected chi connectivity index (χ0v) is 21.1. The van der Waals surface area contributed by atoms with E-state index in [1.165, 1.54) is 12.1 Å². The number of anilines is 1. The van der Waals surface area contributed by atoms with Gasteiger partial charge in [0.1, 0.15) is 18.1 Å². The van der Waals surface area contributed by atoms with E-state index in [0.29, 0.717) is 23.6 Å². The van der Waals surface area contributed by atoms with Crippen LogP contribution < -0.4 is 10.1 Å². The number of nitrogens with one attached hydrogen (secondary N) is 1. The lowest BCUT2D eigenvalue weighted by molar-refractivity contribution is -0.116. The van der Waals surface area contributed by atoms with E-state index in [1.54, 1.807) is 34.8 Å². The zero-order valence-electron chi connectivity index (χ0n) is 21.1. The molecule has 0 atom stereocenters. The summed E-state index contributed by atoms with van der Waals surface area (Å²) in [5.41, 5.74) is 6.54. The Morgan fingerprint density at radius 2 is 1.65 bits per heavy atom. The average molecular weight is 499 g/mol. The topological polar surface area (TPSA) is 86.9 Å². The normalized spacial score (nSPS) is 11.2. The molecule has 9 heteroatoms. The number of halogens is 1. The molecule has 0 saturated heterocycles. The second-order valence-electron chi connectivity index (χ2n) is 8.91. The van der Waals surface area contributed by atoms with Crippen LogP contribution in [0.15, 0.2) is 60.8 Å². The predicted octanol–water partition coefficient (Wildman–Crippen LogP) is 5.05. The van der Waals surface area contributed by atoms with Crippen molar-refractivity contribution >= 4 is 22.6 Å². The molecule has 37 heavy (non-hydrogen) atoms. The van der Waals surface area contributed by atoms with Crippen molar-refractivity contribution in [1.82, 2.24) is 24.5 Å². The predicted molar refractivity (Wildman–Crippen MR) is 140 cm³/mol. The second kappa shape index (κ2) is 9.85. The van der Waals surface area contributed by atoms with Crippen molar-refractivity contribution in [1.29, 1.82) is 0 Å². The molecule has 0 aliphatic rings. The van der Waals surface area contributed by atoms with Gasteiger partial charge >= 0.3 is 0 Å². The first-order valence-electron chi connectivity index (χ1n) is 11.9. The number of methoxy groups -OCH3 is 1. The van der Waals surface area contributed by atoms with Crippen molar-refractivity contribution < 1.29 is 13.9 Å². The van der Waals surface area contributed by atoms with Crippen LogP contribution in [0.25, 0.3) is 22.2 Å². The highest BCUT2D eigenvalue weighted by atomic mass is 19.1. The molecule has 1 N–H and O–H groups in total. The number of hydrogen-bond donors (Lipinski definition) is 1. The Bertz CT molecular complexity index is 1590. The minimum Gasteiger partial charge on any atom is -0.497 e. The van der Waals surface area contributed by atoms with Crippen LogP contribution in [0.3, 0.4) is 0 Å². The highest BCUT2D eigenvalue weighted by molar-refractivity contribution is 5.96. The number of carbonyl (C=O) groups is 1. The fraction of sp³-hybridized carbons (Fsp3) is 0.214. The number of carbonyl (C=O) groups excluding carboxylic acids is 1. The van der Waals surface area contributed by atoms with E-state index in [4.69, 9.17) is 4.74 Å². The van der Waals surface area contributed by atoms with E-state index in [0.717, 1.165) is 39.2 Å². The Morgan fingerprint density at radius 1 is 0.946 bits per heavy atom. The van der Waals surface area contributed by atoms with E-state index < -0.39 is 0 Å². The van der Waals surface area contributed by atoms with Crippen LogP contribution in [0.5, 0.6) is 5.75 Å². The molecule has 0 unspecified atom stereocenters. The summed E-state index contributed by atoms with van der Waals surface area (Å²) in [5.74, 6) is 0.273. The largest absolute Gasteiger partial charge is 0.497 e. The molecule has 3 heterocycles. The van der Waals surface area contributed by atoms with Gasteiger partial charge in [0.25, 0.3) is 0 Å². The van der Waals surface area contributed by atoms with Gasteiger partial charge in [0.05, 0.1) is 36.4 Å². The molecule has 3 aromatic heterocycles. The van der Waals surface area contributed by atoms with Gasteiger partial charge in [-0.3, -0.25) is 9.48 Å². The van der Waals surface area contributed by atoms with E-state index in [-0.39, 0.29) is 18.3 Å². The van der Waals surface area contributed by atoms with Crippen molar-refractivity contribution in [3.8, 4) is 16.9 Å². The molecule has 5 aromatic rings. The van der Waals surface area contributed by atoms with Gasteiger partial charge in [-0.25, -0.2) is 14.1 Å². The Morgan fingerprint density at radius 3 is 2.35 bits per heavy atom. The fourth-order valence-corrected chi connectivity index (χ4v) is 4.51. The van der Waals surface area contributed by atoms with E-state index in [2.05, 4.69) is 20.5 Å². The Hall–Kier alpha value is -4.53. The molecule has 2 aromatic carbocycles. The van der Waals surface area contributed by atoms with Gasteiger partial charge in [0.15, 0.2) is 5.65 Å². The van der Waals surface area contributed by atoms with Crippen molar-refractivity contribution in [2.45, 2.75) is 33.9 Å². The summed E-state index contributed by atoms with van der Waals surface area (Å²) in [6.45, 7) is 6.14. The number of hydrogen-bond acceptors (Lipinski definition) is 5. The van der Waals surface area contributed by atoms with Crippen molar-refractivity contribution in [3.05, 3.63) is 89.3 Å². The molecule has 8 nitrogen and oxygen atoms in total. The van der Waals surface area contributed by atoms with Gasteiger partial charge in [0, 0.05) is 11.6 Å². The van der Waals surface area contributed by atoms with Gasteiger partial charge in [0.2, 0.25) is 5.91 Å². The third kappa shape index (κ3) is 4.80. The van der Waals surface area contributed by atoms with Crippen LogP contribution >= 0.6 is 0 Å². The SMILES string of the molecule is COc1ccc(-c2ccnc3c2c(C)nn3CC(=O)Nc2c(C)nn(Cc3ccc(F)cc3)c2C)cc1. The highest BCUT2D eigenvalue weighted by Crippen LogP contribution is 2.31. The first-order valence-corrected chi connectivity index (χ1v) is 11.9. The maximum atomic E-state index is 13.2. The maximum absolute atomic E-state index is 13.2. The van der Waals surface area contributed by atoms with Crippen LogP contribution in [-0.4, -0.2) is 37.6 Å². The zero-order chi connectivity index (χ0) is 26.1. The summed E-state index contributed by atoms with van der Waals surface area (Å²) in [4.78, 5) is 17.6. The molecule has 0 spiro atoms. The van der Waals surface area contributed by atoms with Crippen molar-refractivity contribution in [2.75, 3.05) is 12.4 Å². The average Bonchev–Trinajstić information content (AvgIpc) is 3.35. The number of rotatable bonds is 7. The maximum Gasteiger partial charge on any atom is 0.246 e. The summed E-state index contributed by atoms with van der Waals surface area (Å²) < 4.78 is 21.9. The smallest absolute Gasteiger partial charge is 0.246 e. The first-order chi connectivity index (χ1) is 17.8. The molecule has 188 valence electrons. The van der Waals surface area contributed by atoms with Gasteiger partial charge in [-0.05, 0) is 67.8 Å². The van der Waals surface area contributed by atoms with E-state index in [1.807, 2.05) is 51.1 Å². The minimum atomic E-state index is -0.280. The summed E-state index contributed by atoms with van der Waals surface area (Å²) in [7, 11) is 1.64. The van der Waals surface area contributed by atoms with Crippen LogP contribution in [0, 0.1) is 26.6 Å². The molecule has 0 bridgehead atoms. The second-order valence-corrected chi connectivity index (χ2v) is 8.91. The third-order valence-corrected chi connectivity index (χ3v) is 6.39. The van der Waals surface area contributed by atoms with Crippen LogP contribution in [0.2, 0.25) is 0 Å². The molecule has 0 aliphatic carbocycles. The van der Waals surface area contributed by atoms with Crippen molar-refractivity contribution in [2.24, 2.45) is 0 Å². The standard InChI is InChI=1S/C28H27FN6O2/c1-17-26-24(21-7-11-23(37-4)12-8-21)13-14-30-28(26)35(32-17)16-25(36)31-27-18(2)33-34(19(27)3)15-20-5-9-22(29)10-6-20/h5-14H,15-16H2,1-4H3,(H,31,36). The lowest BCUT2D eigenvalue weighted by Gasteiger charge is -2.08. The molecule has 0 radical (unpaired) electrons. The molecular formula is C28H27FN6O2. The van der Waals surface area contributed by atoms with E-state index in [9.17, 15) is 9.18 Å². The molecule has 0 saturated carbocycles. The lowest BCUT2D eigenvalue weighted by Crippen LogP contribution is -2.20. The van der Waals surface area contributed by atoms with E-state index >= 15 is 0 Å². The number of pyridine rings is 1. The number of amides is 1.